The lowest BCUT2D eigenvalue weighted by atomic mass is 10.0. The van der Waals surface area contributed by atoms with E-state index in [1.54, 1.807) is 20.2 Å². The molecule has 2 amide bonds. The molecule has 9 nitrogen and oxygen atoms in total. The van der Waals surface area contributed by atoms with E-state index in [1.807, 2.05) is 67.6 Å². The molecule has 0 aliphatic carbocycles. The van der Waals surface area contributed by atoms with Crippen molar-refractivity contribution in [1.82, 2.24) is 10.2 Å². The molecule has 0 saturated heterocycles. The van der Waals surface area contributed by atoms with Crippen molar-refractivity contribution in [3.05, 3.63) is 116 Å². The standard InChI is InChI=1S/C31H32N4O5/c1-4-22(20-14-9-6-10-15-20)34-30(39)24(18-19-12-7-5-8-13-19)33-26-25(28(37)29(26)38)32-23-17-11-16-21(27(23)36)31(40)35(2)3/h5-17,22,24,32-33,36H,4,18H2,1-3H3,(H,34,39)/t22-,24-/m1/s1. The maximum absolute atomic E-state index is 13.6. The summed E-state index contributed by atoms with van der Waals surface area (Å²) in [5.74, 6) is -1.11. The first kappa shape index (κ1) is 28.1. The lowest BCUT2D eigenvalue weighted by Gasteiger charge is -2.25. The van der Waals surface area contributed by atoms with Gasteiger partial charge in [0.05, 0.1) is 17.3 Å². The molecule has 0 fully saturated rings. The van der Waals surface area contributed by atoms with Crippen LogP contribution in [-0.4, -0.2) is 42.0 Å². The van der Waals surface area contributed by atoms with E-state index in [-0.39, 0.29) is 46.7 Å². The highest BCUT2D eigenvalue weighted by Gasteiger charge is 2.29. The molecule has 0 bridgehead atoms. The SMILES string of the molecule is CC[C@@H](NC(=O)[C@@H](Cc1ccccc1)Nc1c(Nc2cccc(C(=O)N(C)C)c2O)c(=O)c1=O)c1ccccc1. The van der Waals surface area contributed by atoms with Crippen LogP contribution in [-0.2, 0) is 11.2 Å². The third-order valence-electron chi connectivity index (χ3n) is 6.69. The fraction of sp³-hybridized carbons (Fsp3) is 0.226. The van der Waals surface area contributed by atoms with Crippen LogP contribution >= 0.6 is 0 Å². The number of nitrogens with zero attached hydrogens (tertiary/aromatic N) is 1. The molecule has 0 aliphatic heterocycles. The normalized spacial score (nSPS) is 12.4. The van der Waals surface area contributed by atoms with Crippen molar-refractivity contribution in [3.63, 3.8) is 0 Å². The molecule has 40 heavy (non-hydrogen) atoms. The van der Waals surface area contributed by atoms with E-state index in [4.69, 9.17) is 0 Å². The fourth-order valence-corrected chi connectivity index (χ4v) is 4.45. The molecule has 0 unspecified atom stereocenters. The molecule has 0 spiro atoms. The summed E-state index contributed by atoms with van der Waals surface area (Å²) < 4.78 is 0. The van der Waals surface area contributed by atoms with Gasteiger partial charge in [-0.25, -0.2) is 0 Å². The predicted octanol–water partition coefficient (Wildman–Crippen LogP) is 3.72. The van der Waals surface area contributed by atoms with Crippen LogP contribution in [0.4, 0.5) is 17.1 Å². The minimum atomic E-state index is -0.876. The van der Waals surface area contributed by atoms with E-state index < -0.39 is 22.8 Å². The lowest BCUT2D eigenvalue weighted by molar-refractivity contribution is -0.122. The second-order valence-electron chi connectivity index (χ2n) is 9.70. The maximum atomic E-state index is 13.6. The Bertz CT molecular complexity index is 1560. The van der Waals surface area contributed by atoms with E-state index >= 15 is 0 Å². The van der Waals surface area contributed by atoms with Gasteiger partial charge in [-0.3, -0.25) is 19.2 Å². The molecule has 0 radical (unpaired) electrons. The average Bonchev–Trinajstić information content (AvgIpc) is 2.97. The summed E-state index contributed by atoms with van der Waals surface area (Å²) >= 11 is 0. The van der Waals surface area contributed by atoms with Crippen LogP contribution in [0, 0.1) is 0 Å². The molecule has 206 valence electrons. The average molecular weight is 541 g/mol. The van der Waals surface area contributed by atoms with Crippen LogP contribution in [0.5, 0.6) is 5.75 Å². The Labute approximate surface area is 232 Å². The third-order valence-corrected chi connectivity index (χ3v) is 6.69. The van der Waals surface area contributed by atoms with Crippen molar-refractivity contribution in [3.8, 4) is 5.75 Å². The molecule has 2 atom stereocenters. The second-order valence-corrected chi connectivity index (χ2v) is 9.70. The number of rotatable bonds is 11. The summed E-state index contributed by atoms with van der Waals surface area (Å²) in [4.78, 5) is 52.5. The number of hydrogen-bond acceptors (Lipinski definition) is 7. The Balaban J connectivity index is 1.62. The second kappa shape index (κ2) is 12.3. The smallest absolute Gasteiger partial charge is 0.257 e. The van der Waals surface area contributed by atoms with Gasteiger partial charge in [-0.1, -0.05) is 73.7 Å². The van der Waals surface area contributed by atoms with E-state index in [1.165, 1.54) is 17.0 Å². The quantitative estimate of drug-likeness (QED) is 0.169. The zero-order valence-corrected chi connectivity index (χ0v) is 22.6. The summed E-state index contributed by atoms with van der Waals surface area (Å²) in [5.41, 5.74) is 0.232. The number of phenols is 1. The van der Waals surface area contributed by atoms with Crippen LogP contribution < -0.4 is 26.8 Å². The first-order valence-corrected chi connectivity index (χ1v) is 13.0. The molecule has 0 saturated carbocycles. The van der Waals surface area contributed by atoms with Crippen LogP contribution in [0.2, 0.25) is 0 Å². The number of carbonyl (C=O) groups excluding carboxylic acids is 2. The molecule has 0 aromatic heterocycles. The van der Waals surface area contributed by atoms with Gasteiger partial charge in [0.2, 0.25) is 5.91 Å². The van der Waals surface area contributed by atoms with Gasteiger partial charge in [0.15, 0.2) is 5.75 Å². The van der Waals surface area contributed by atoms with E-state index in [2.05, 4.69) is 16.0 Å². The number of anilines is 3. The highest BCUT2D eigenvalue weighted by Crippen LogP contribution is 2.32. The molecular formula is C31H32N4O5. The number of nitrogens with one attached hydrogen (secondary N) is 3. The Morgan fingerprint density at radius 3 is 2.10 bits per heavy atom. The molecule has 0 aliphatic rings. The monoisotopic (exact) mass is 540 g/mol. The number of amides is 2. The molecule has 4 aromatic carbocycles. The van der Waals surface area contributed by atoms with Crippen molar-refractivity contribution in [2.75, 3.05) is 24.7 Å². The van der Waals surface area contributed by atoms with Crippen molar-refractivity contribution >= 4 is 28.9 Å². The summed E-state index contributed by atoms with van der Waals surface area (Å²) in [6, 6.07) is 22.3. The van der Waals surface area contributed by atoms with E-state index in [9.17, 15) is 24.3 Å². The van der Waals surface area contributed by atoms with Gasteiger partial charge in [0.1, 0.15) is 17.4 Å². The van der Waals surface area contributed by atoms with Crippen molar-refractivity contribution < 1.29 is 14.7 Å². The van der Waals surface area contributed by atoms with Gasteiger partial charge < -0.3 is 26.0 Å². The van der Waals surface area contributed by atoms with Gasteiger partial charge >= 0.3 is 0 Å². The number of aromatic hydroxyl groups is 1. The number of benzene rings is 3. The summed E-state index contributed by atoms with van der Waals surface area (Å²) in [7, 11) is 3.11. The molecule has 0 heterocycles. The maximum Gasteiger partial charge on any atom is 0.257 e. The van der Waals surface area contributed by atoms with Crippen molar-refractivity contribution in [2.24, 2.45) is 0 Å². The zero-order valence-electron chi connectivity index (χ0n) is 22.6. The molecular weight excluding hydrogens is 508 g/mol. The molecule has 4 aromatic rings. The number of carbonyl (C=O) groups is 2. The fourth-order valence-electron chi connectivity index (χ4n) is 4.45. The first-order chi connectivity index (χ1) is 19.2. The number of hydrogen-bond donors (Lipinski definition) is 4. The van der Waals surface area contributed by atoms with Crippen LogP contribution in [0.3, 0.4) is 0 Å². The highest BCUT2D eigenvalue weighted by atomic mass is 16.3. The third kappa shape index (κ3) is 6.04. The van der Waals surface area contributed by atoms with Crippen LogP contribution in [0.25, 0.3) is 0 Å². The Hall–Kier alpha value is -4.92. The summed E-state index contributed by atoms with van der Waals surface area (Å²) in [6.07, 6.45) is 0.913. The van der Waals surface area contributed by atoms with Crippen molar-refractivity contribution in [1.29, 1.82) is 0 Å². The van der Waals surface area contributed by atoms with Gasteiger partial charge in [0.25, 0.3) is 16.8 Å². The van der Waals surface area contributed by atoms with E-state index in [0.29, 0.717) is 6.42 Å². The lowest BCUT2D eigenvalue weighted by Crippen LogP contribution is -2.46. The van der Waals surface area contributed by atoms with Crippen molar-refractivity contribution in [2.45, 2.75) is 31.8 Å². The topological polar surface area (TPSA) is 128 Å². The Morgan fingerprint density at radius 1 is 0.850 bits per heavy atom. The zero-order chi connectivity index (χ0) is 28.8. The number of para-hydroxylation sites is 1. The van der Waals surface area contributed by atoms with Gasteiger partial charge in [0, 0.05) is 20.5 Å². The molecule has 9 heteroatoms. The number of phenolic OH excluding ortho intramolecular Hbond substituents is 1. The molecule has 4 N–H and O–H groups in total. The van der Waals surface area contributed by atoms with Crippen LogP contribution in [0.15, 0.2) is 88.5 Å². The summed E-state index contributed by atoms with van der Waals surface area (Å²) in [5, 5.41) is 19.5. The highest BCUT2D eigenvalue weighted by molar-refractivity contribution is 5.99. The Morgan fingerprint density at radius 2 is 1.48 bits per heavy atom. The van der Waals surface area contributed by atoms with Gasteiger partial charge in [-0.15, -0.1) is 0 Å². The minimum absolute atomic E-state index is 0.0380. The Kier molecular flexibility index (Phi) is 8.63. The predicted molar refractivity (Wildman–Crippen MR) is 156 cm³/mol. The summed E-state index contributed by atoms with van der Waals surface area (Å²) in [6.45, 7) is 1.97. The minimum Gasteiger partial charge on any atom is -0.505 e. The van der Waals surface area contributed by atoms with E-state index in [0.717, 1.165) is 11.1 Å². The van der Waals surface area contributed by atoms with Gasteiger partial charge in [-0.05, 0) is 29.7 Å². The van der Waals surface area contributed by atoms with Crippen LogP contribution in [0.1, 0.15) is 40.9 Å². The first-order valence-electron chi connectivity index (χ1n) is 13.0. The van der Waals surface area contributed by atoms with Gasteiger partial charge in [-0.2, -0.15) is 0 Å². The molecule has 4 rings (SSSR count). The largest absolute Gasteiger partial charge is 0.505 e.